The highest BCUT2D eigenvalue weighted by atomic mass is 79.9. The molecule has 0 aliphatic heterocycles. The molecule has 0 fully saturated rings. The molecule has 0 aliphatic rings. The van der Waals surface area contributed by atoms with E-state index in [1.807, 2.05) is 0 Å². The van der Waals surface area contributed by atoms with Gasteiger partial charge in [0.15, 0.2) is 0 Å². The van der Waals surface area contributed by atoms with Crippen LogP contribution >= 0.6 is 15.9 Å². The Labute approximate surface area is 175 Å². The summed E-state index contributed by atoms with van der Waals surface area (Å²) in [4.78, 5) is 14.7. The summed E-state index contributed by atoms with van der Waals surface area (Å²) in [5.41, 5.74) is 0.762. The zero-order valence-corrected chi connectivity index (χ0v) is 18.7. The van der Waals surface area contributed by atoms with Crippen LogP contribution < -0.4 is 10.0 Å². The maximum atomic E-state index is 12.6. The molecule has 2 N–H and O–H groups in total. The van der Waals surface area contributed by atoms with Gasteiger partial charge in [0.25, 0.3) is 15.9 Å². The third-order valence-electron chi connectivity index (χ3n) is 4.32. The standard InChI is InChI=1S/C20H26BrN3O3S/c1-4-24(15(2)3)13-12-22-20(25)16-6-5-7-19(14-16)28(26,27)23-18-10-8-17(21)9-11-18/h5-11,14-15,23H,4,12-13H2,1-3H3,(H,22,25). The van der Waals surface area contributed by atoms with E-state index in [0.29, 0.717) is 23.8 Å². The fraction of sp³-hybridized carbons (Fsp3) is 0.350. The molecule has 0 saturated heterocycles. The summed E-state index contributed by atoms with van der Waals surface area (Å²) in [6.45, 7) is 8.44. The lowest BCUT2D eigenvalue weighted by Crippen LogP contribution is -2.38. The van der Waals surface area contributed by atoms with Crippen LogP contribution in [0, 0.1) is 0 Å². The van der Waals surface area contributed by atoms with Crippen molar-refractivity contribution in [2.75, 3.05) is 24.4 Å². The molecule has 8 heteroatoms. The van der Waals surface area contributed by atoms with Gasteiger partial charge < -0.3 is 5.32 Å². The molecule has 0 spiro atoms. The number of benzene rings is 2. The van der Waals surface area contributed by atoms with Gasteiger partial charge in [-0.05, 0) is 62.9 Å². The van der Waals surface area contributed by atoms with Crippen molar-refractivity contribution < 1.29 is 13.2 Å². The number of anilines is 1. The van der Waals surface area contributed by atoms with Crippen LogP contribution in [0.4, 0.5) is 5.69 Å². The molecule has 1 amide bonds. The first kappa shape index (κ1) is 22.4. The number of carbonyl (C=O) groups excluding carboxylic acids is 1. The molecular formula is C20H26BrN3O3S. The van der Waals surface area contributed by atoms with E-state index in [9.17, 15) is 13.2 Å². The predicted molar refractivity (Wildman–Crippen MR) is 116 cm³/mol. The lowest BCUT2D eigenvalue weighted by molar-refractivity contribution is 0.0945. The monoisotopic (exact) mass is 467 g/mol. The van der Waals surface area contributed by atoms with E-state index in [1.54, 1.807) is 36.4 Å². The highest BCUT2D eigenvalue weighted by Gasteiger charge is 2.17. The van der Waals surface area contributed by atoms with Gasteiger partial charge in [0, 0.05) is 34.9 Å². The minimum Gasteiger partial charge on any atom is -0.351 e. The van der Waals surface area contributed by atoms with Crippen LogP contribution in [0.3, 0.4) is 0 Å². The zero-order chi connectivity index (χ0) is 20.7. The van der Waals surface area contributed by atoms with Gasteiger partial charge in [-0.25, -0.2) is 8.42 Å². The van der Waals surface area contributed by atoms with Crippen molar-refractivity contribution in [1.82, 2.24) is 10.2 Å². The predicted octanol–water partition coefficient (Wildman–Crippen LogP) is 3.71. The number of rotatable bonds is 9. The highest BCUT2D eigenvalue weighted by molar-refractivity contribution is 9.10. The van der Waals surface area contributed by atoms with E-state index in [1.165, 1.54) is 12.1 Å². The maximum absolute atomic E-state index is 12.6. The quantitative estimate of drug-likeness (QED) is 0.588. The molecule has 0 unspecified atom stereocenters. The Hall–Kier alpha value is -1.90. The first-order valence-corrected chi connectivity index (χ1v) is 11.4. The highest BCUT2D eigenvalue weighted by Crippen LogP contribution is 2.19. The number of carbonyl (C=O) groups is 1. The maximum Gasteiger partial charge on any atom is 0.261 e. The van der Waals surface area contributed by atoms with Gasteiger partial charge in [0.2, 0.25) is 0 Å². The summed E-state index contributed by atoms with van der Waals surface area (Å²) in [6, 6.07) is 13.2. The largest absolute Gasteiger partial charge is 0.351 e. The molecular weight excluding hydrogens is 442 g/mol. The molecule has 2 rings (SSSR count). The van der Waals surface area contributed by atoms with Gasteiger partial charge in [0.05, 0.1) is 4.90 Å². The Morgan fingerprint density at radius 3 is 2.43 bits per heavy atom. The molecule has 152 valence electrons. The lowest BCUT2D eigenvalue weighted by atomic mass is 10.2. The molecule has 28 heavy (non-hydrogen) atoms. The van der Waals surface area contributed by atoms with Crippen molar-refractivity contribution in [2.45, 2.75) is 31.7 Å². The first-order chi connectivity index (χ1) is 13.2. The molecule has 2 aromatic rings. The number of halogens is 1. The minimum absolute atomic E-state index is 0.0421. The SMILES string of the molecule is CCN(CCNC(=O)c1cccc(S(=O)(=O)Nc2ccc(Br)cc2)c1)C(C)C. The molecule has 0 saturated carbocycles. The van der Waals surface area contributed by atoms with E-state index in [4.69, 9.17) is 0 Å². The Morgan fingerprint density at radius 1 is 1.14 bits per heavy atom. The molecule has 0 aliphatic carbocycles. The summed E-state index contributed by atoms with van der Waals surface area (Å²) in [6.07, 6.45) is 0. The van der Waals surface area contributed by atoms with Crippen LogP contribution in [0.1, 0.15) is 31.1 Å². The number of nitrogens with one attached hydrogen (secondary N) is 2. The average molecular weight is 468 g/mol. The average Bonchev–Trinajstić information content (AvgIpc) is 2.66. The van der Waals surface area contributed by atoms with Gasteiger partial charge in [0.1, 0.15) is 0 Å². The van der Waals surface area contributed by atoms with E-state index in [2.05, 4.69) is 51.6 Å². The van der Waals surface area contributed by atoms with Crippen LogP contribution in [-0.4, -0.2) is 44.9 Å². The fourth-order valence-corrected chi connectivity index (χ4v) is 4.10. The molecule has 6 nitrogen and oxygen atoms in total. The summed E-state index contributed by atoms with van der Waals surface area (Å²) in [7, 11) is -3.78. The van der Waals surface area contributed by atoms with Gasteiger partial charge >= 0.3 is 0 Å². The topological polar surface area (TPSA) is 78.5 Å². The van der Waals surface area contributed by atoms with Crippen molar-refractivity contribution in [1.29, 1.82) is 0 Å². The Bertz CT molecular complexity index is 899. The Morgan fingerprint density at radius 2 is 1.82 bits per heavy atom. The van der Waals surface area contributed by atoms with Crippen molar-refractivity contribution in [3.63, 3.8) is 0 Å². The number of hydrogen-bond acceptors (Lipinski definition) is 4. The van der Waals surface area contributed by atoms with E-state index >= 15 is 0 Å². The second kappa shape index (κ2) is 10.0. The lowest BCUT2D eigenvalue weighted by Gasteiger charge is -2.24. The van der Waals surface area contributed by atoms with Gasteiger partial charge in [-0.15, -0.1) is 0 Å². The number of hydrogen-bond donors (Lipinski definition) is 2. The molecule has 0 radical (unpaired) electrons. The molecule has 0 heterocycles. The number of likely N-dealkylation sites (N-methyl/N-ethyl adjacent to an activating group) is 1. The summed E-state index contributed by atoms with van der Waals surface area (Å²) in [5.74, 6) is -0.291. The first-order valence-electron chi connectivity index (χ1n) is 9.13. The van der Waals surface area contributed by atoms with Crippen LogP contribution in [-0.2, 0) is 10.0 Å². The van der Waals surface area contributed by atoms with Crippen LogP contribution in [0.25, 0.3) is 0 Å². The van der Waals surface area contributed by atoms with Crippen molar-refractivity contribution in [3.05, 3.63) is 58.6 Å². The number of nitrogens with zero attached hydrogens (tertiary/aromatic N) is 1. The van der Waals surface area contributed by atoms with Gasteiger partial charge in [-0.2, -0.15) is 0 Å². The fourth-order valence-electron chi connectivity index (χ4n) is 2.73. The van der Waals surface area contributed by atoms with E-state index in [0.717, 1.165) is 17.6 Å². The summed E-state index contributed by atoms with van der Waals surface area (Å²) >= 11 is 3.31. The van der Waals surface area contributed by atoms with E-state index in [-0.39, 0.29) is 10.8 Å². The Balaban J connectivity index is 2.05. The molecule has 2 aromatic carbocycles. The summed E-state index contributed by atoms with van der Waals surface area (Å²) < 4.78 is 28.6. The molecule has 0 aromatic heterocycles. The smallest absolute Gasteiger partial charge is 0.261 e. The zero-order valence-electron chi connectivity index (χ0n) is 16.3. The molecule has 0 bridgehead atoms. The number of amides is 1. The van der Waals surface area contributed by atoms with Crippen molar-refractivity contribution >= 4 is 37.5 Å². The van der Waals surface area contributed by atoms with Crippen LogP contribution in [0.2, 0.25) is 0 Å². The second-order valence-electron chi connectivity index (χ2n) is 6.62. The summed E-state index contributed by atoms with van der Waals surface area (Å²) in [5, 5.41) is 2.85. The third-order valence-corrected chi connectivity index (χ3v) is 6.23. The third kappa shape index (κ3) is 6.32. The minimum atomic E-state index is -3.78. The molecule has 0 atom stereocenters. The number of sulfonamides is 1. The Kier molecular flexibility index (Phi) is 8.03. The normalized spacial score (nSPS) is 11.6. The van der Waals surface area contributed by atoms with Crippen LogP contribution in [0.15, 0.2) is 57.9 Å². The second-order valence-corrected chi connectivity index (χ2v) is 9.22. The van der Waals surface area contributed by atoms with Gasteiger partial charge in [-0.3, -0.25) is 14.4 Å². The van der Waals surface area contributed by atoms with Gasteiger partial charge in [-0.1, -0.05) is 28.9 Å². The van der Waals surface area contributed by atoms with Crippen LogP contribution in [0.5, 0.6) is 0 Å². The van der Waals surface area contributed by atoms with E-state index < -0.39 is 10.0 Å². The van der Waals surface area contributed by atoms with Crippen molar-refractivity contribution in [2.24, 2.45) is 0 Å². The van der Waals surface area contributed by atoms with Crippen molar-refractivity contribution in [3.8, 4) is 0 Å².